The predicted molar refractivity (Wildman–Crippen MR) is 118 cm³/mol. The van der Waals surface area contributed by atoms with E-state index in [1.165, 1.54) is 0 Å². The van der Waals surface area contributed by atoms with Gasteiger partial charge in [0.2, 0.25) is 0 Å². The fourth-order valence-corrected chi connectivity index (χ4v) is 2.10. The van der Waals surface area contributed by atoms with Crippen LogP contribution in [0.5, 0.6) is 0 Å². The second kappa shape index (κ2) is 18.4. The lowest BCUT2D eigenvalue weighted by molar-refractivity contribution is 0.278. The molecule has 0 aliphatic rings. The largest absolute Gasteiger partial charge is 0.631 e. The van der Waals surface area contributed by atoms with Gasteiger partial charge in [-0.05, 0) is 0 Å². The maximum atomic E-state index is 12.0. The molecule has 4 aromatic rings. The predicted octanol–water partition coefficient (Wildman–Crippen LogP) is 6.92. The SMILES string of the molecule is Fc1cc(F)c(F)c(F)c1.Fc1cc(F)c(F)c(F)c1.Fc1cc(F)c(F)c(F)c1.Fc1cc(F)c(F)c(F)c1.OB(O)O. The zero-order chi connectivity index (χ0) is 34.5. The summed E-state index contributed by atoms with van der Waals surface area (Å²) in [5.41, 5.74) is 0. The molecule has 44 heavy (non-hydrogen) atoms. The molecule has 0 amide bonds. The Kier molecular flexibility index (Phi) is 16.6. The third-order valence-corrected chi connectivity index (χ3v) is 3.79. The standard InChI is InChI=1S/4C6H2F4.BH3O3/c4*7-3-1-4(8)6(10)5(9)2-3;2-1(3)4/h4*1-2H;2-4H. The fraction of sp³-hybridized carbons (Fsp3) is 0. The quantitative estimate of drug-likeness (QED) is 0.0830. The summed E-state index contributed by atoms with van der Waals surface area (Å²) in [6.45, 7) is 0. The lowest BCUT2D eigenvalue weighted by Crippen LogP contribution is -2.07. The first kappa shape index (κ1) is 39.7. The molecule has 0 bridgehead atoms. The molecular formula is C24H11BF16O3. The molecule has 20 heteroatoms. The van der Waals surface area contributed by atoms with Gasteiger partial charge in [0.25, 0.3) is 0 Å². The fourth-order valence-electron chi connectivity index (χ4n) is 2.10. The Morgan fingerprint density at radius 1 is 0.273 bits per heavy atom. The molecule has 4 aromatic carbocycles. The second-order valence-corrected chi connectivity index (χ2v) is 7.08. The summed E-state index contributed by atoms with van der Waals surface area (Å²) in [6.07, 6.45) is 0. The van der Waals surface area contributed by atoms with Crippen LogP contribution in [-0.4, -0.2) is 22.4 Å². The molecule has 4 rings (SSSR count). The van der Waals surface area contributed by atoms with E-state index in [9.17, 15) is 70.2 Å². The third kappa shape index (κ3) is 14.3. The smallest absolute Gasteiger partial charge is 0.402 e. The lowest BCUT2D eigenvalue weighted by atomic mass is 10.3. The van der Waals surface area contributed by atoms with E-state index in [1.54, 1.807) is 0 Å². The Hall–Kier alpha value is -4.30. The summed E-state index contributed by atoms with van der Waals surface area (Å²) < 4.78 is 192. The summed E-state index contributed by atoms with van der Waals surface area (Å²) in [6, 6.07) is 2.21. The van der Waals surface area contributed by atoms with Gasteiger partial charge in [-0.25, -0.2) is 70.2 Å². The van der Waals surface area contributed by atoms with Crippen molar-refractivity contribution in [3.05, 3.63) is 142 Å². The monoisotopic (exact) mass is 662 g/mol. The Morgan fingerprint density at radius 3 is 0.455 bits per heavy atom. The summed E-state index contributed by atoms with van der Waals surface area (Å²) in [5.74, 6) is -23.2. The van der Waals surface area contributed by atoms with Crippen molar-refractivity contribution in [1.82, 2.24) is 0 Å². The van der Waals surface area contributed by atoms with Gasteiger partial charge < -0.3 is 15.1 Å². The van der Waals surface area contributed by atoms with Gasteiger partial charge in [0.15, 0.2) is 69.8 Å². The highest BCUT2D eigenvalue weighted by atomic mass is 19.2. The van der Waals surface area contributed by atoms with E-state index < -0.39 is 100 Å². The molecule has 0 spiro atoms. The van der Waals surface area contributed by atoms with Crippen molar-refractivity contribution in [3.8, 4) is 0 Å². The topological polar surface area (TPSA) is 60.7 Å². The van der Waals surface area contributed by atoms with E-state index in [0.717, 1.165) is 0 Å². The van der Waals surface area contributed by atoms with Crippen molar-refractivity contribution >= 4 is 7.32 Å². The Balaban J connectivity index is 0.000000538. The van der Waals surface area contributed by atoms with Crippen LogP contribution in [0.2, 0.25) is 0 Å². The van der Waals surface area contributed by atoms with Gasteiger partial charge in [0.1, 0.15) is 23.3 Å². The number of hydrogen-bond acceptors (Lipinski definition) is 3. The maximum absolute atomic E-state index is 12.0. The van der Waals surface area contributed by atoms with Gasteiger partial charge in [-0.2, -0.15) is 0 Å². The van der Waals surface area contributed by atoms with Crippen LogP contribution in [0.25, 0.3) is 0 Å². The first-order valence-corrected chi connectivity index (χ1v) is 10.4. The normalized spacial score (nSPS) is 9.70. The van der Waals surface area contributed by atoms with Crippen molar-refractivity contribution in [2.24, 2.45) is 0 Å². The molecule has 0 heterocycles. The van der Waals surface area contributed by atoms with Crippen LogP contribution < -0.4 is 0 Å². The van der Waals surface area contributed by atoms with Crippen molar-refractivity contribution in [2.75, 3.05) is 0 Å². The van der Waals surface area contributed by atoms with Crippen LogP contribution in [0.15, 0.2) is 48.5 Å². The highest BCUT2D eigenvalue weighted by molar-refractivity contribution is 6.30. The third-order valence-electron chi connectivity index (χ3n) is 3.79. The van der Waals surface area contributed by atoms with Gasteiger partial charge in [-0.3, -0.25) is 0 Å². The van der Waals surface area contributed by atoms with E-state index in [2.05, 4.69) is 0 Å². The van der Waals surface area contributed by atoms with Crippen LogP contribution in [0.1, 0.15) is 0 Å². The van der Waals surface area contributed by atoms with E-state index in [4.69, 9.17) is 15.1 Å². The molecule has 0 aliphatic carbocycles. The Labute approximate surface area is 235 Å². The van der Waals surface area contributed by atoms with E-state index >= 15 is 0 Å². The minimum absolute atomic E-state index is 0.276. The number of hydrogen-bond donors (Lipinski definition) is 3. The minimum atomic E-state index is -2.17. The van der Waals surface area contributed by atoms with E-state index in [-0.39, 0.29) is 48.5 Å². The van der Waals surface area contributed by atoms with Gasteiger partial charge >= 0.3 is 7.32 Å². The molecule has 0 unspecified atom stereocenters. The van der Waals surface area contributed by atoms with Crippen LogP contribution >= 0.6 is 0 Å². The molecule has 0 radical (unpaired) electrons. The second-order valence-electron chi connectivity index (χ2n) is 7.08. The molecule has 0 fully saturated rings. The molecule has 0 aromatic heterocycles. The molecular weight excluding hydrogens is 651 g/mol. The number of rotatable bonds is 0. The minimum Gasteiger partial charge on any atom is -0.402 e. The van der Waals surface area contributed by atoms with Crippen LogP contribution in [0, 0.1) is 93.1 Å². The van der Waals surface area contributed by atoms with Crippen LogP contribution in [0.4, 0.5) is 70.2 Å². The zero-order valence-corrected chi connectivity index (χ0v) is 20.6. The Morgan fingerprint density at radius 2 is 0.364 bits per heavy atom. The highest BCUT2D eigenvalue weighted by Gasteiger charge is 2.11. The molecule has 0 aliphatic heterocycles. The first-order valence-electron chi connectivity index (χ1n) is 10.4. The molecule has 0 saturated heterocycles. The van der Waals surface area contributed by atoms with Crippen LogP contribution in [0.3, 0.4) is 0 Å². The van der Waals surface area contributed by atoms with Gasteiger partial charge in [0, 0.05) is 48.5 Å². The average Bonchev–Trinajstić information content (AvgIpc) is 2.88. The van der Waals surface area contributed by atoms with E-state index in [1.807, 2.05) is 0 Å². The summed E-state index contributed by atoms with van der Waals surface area (Å²) in [5, 5.41) is 21.5. The van der Waals surface area contributed by atoms with Gasteiger partial charge in [-0.1, -0.05) is 0 Å². The van der Waals surface area contributed by atoms with E-state index in [0.29, 0.717) is 0 Å². The summed E-state index contributed by atoms with van der Waals surface area (Å²) >= 11 is 0. The van der Waals surface area contributed by atoms with Crippen LogP contribution in [-0.2, 0) is 0 Å². The highest BCUT2D eigenvalue weighted by Crippen LogP contribution is 2.14. The lowest BCUT2D eigenvalue weighted by Gasteiger charge is -1.92. The van der Waals surface area contributed by atoms with Crippen molar-refractivity contribution in [1.29, 1.82) is 0 Å². The Bertz CT molecular complexity index is 1220. The summed E-state index contributed by atoms with van der Waals surface area (Å²) in [7, 11) is -2.17. The molecule has 3 N–H and O–H groups in total. The molecule has 3 nitrogen and oxygen atoms in total. The van der Waals surface area contributed by atoms with Gasteiger partial charge in [-0.15, -0.1) is 0 Å². The zero-order valence-electron chi connectivity index (χ0n) is 20.6. The summed E-state index contributed by atoms with van der Waals surface area (Å²) in [4.78, 5) is 0. The maximum Gasteiger partial charge on any atom is 0.631 e. The van der Waals surface area contributed by atoms with Gasteiger partial charge in [0.05, 0.1) is 0 Å². The molecule has 0 atom stereocenters. The average molecular weight is 662 g/mol. The molecule has 240 valence electrons. The molecule has 0 saturated carbocycles. The number of benzene rings is 4. The number of halogens is 16. The van der Waals surface area contributed by atoms with Crippen molar-refractivity contribution in [2.45, 2.75) is 0 Å². The first-order chi connectivity index (χ1) is 20.2. The van der Waals surface area contributed by atoms with Crippen molar-refractivity contribution in [3.63, 3.8) is 0 Å². The van der Waals surface area contributed by atoms with Crippen molar-refractivity contribution < 1.29 is 85.3 Å².